The van der Waals surface area contributed by atoms with Gasteiger partial charge in [-0.05, 0) is 48.6 Å². The first-order chi connectivity index (χ1) is 14.6. The van der Waals surface area contributed by atoms with Crippen LogP contribution in [0.15, 0.2) is 41.7 Å². The zero-order valence-electron chi connectivity index (χ0n) is 17.8. The van der Waals surface area contributed by atoms with Crippen LogP contribution >= 0.6 is 10.6 Å². The molecule has 3 N–H and O–H groups in total. The first kappa shape index (κ1) is 22.2. The van der Waals surface area contributed by atoms with Crippen molar-refractivity contribution in [2.75, 3.05) is 18.6 Å². The van der Waals surface area contributed by atoms with Gasteiger partial charge in [-0.15, -0.1) is 0 Å². The van der Waals surface area contributed by atoms with E-state index >= 15 is 0 Å². The molecule has 0 bridgehead atoms. The lowest BCUT2D eigenvalue weighted by molar-refractivity contribution is 0.331. The van der Waals surface area contributed by atoms with E-state index in [1.807, 2.05) is 6.07 Å². The van der Waals surface area contributed by atoms with Gasteiger partial charge in [-0.1, -0.05) is 13.8 Å². The predicted octanol–water partition coefficient (Wildman–Crippen LogP) is 4.28. The molecule has 4 heterocycles. The fourth-order valence-electron chi connectivity index (χ4n) is 3.91. The van der Waals surface area contributed by atoms with E-state index in [0.717, 1.165) is 27.9 Å². The fraction of sp³-hybridized carbons (Fsp3) is 0.429. The molecule has 1 saturated heterocycles. The summed E-state index contributed by atoms with van der Waals surface area (Å²) in [5.41, 5.74) is 3.64. The summed E-state index contributed by atoms with van der Waals surface area (Å²) in [6.45, 7) is 4.22. The Labute approximate surface area is 184 Å². The first-order valence-electron chi connectivity index (χ1n) is 10.2. The van der Waals surface area contributed by atoms with Crippen molar-refractivity contribution in [3.63, 3.8) is 0 Å². The van der Waals surface area contributed by atoms with Crippen LogP contribution in [0.3, 0.4) is 0 Å². The van der Waals surface area contributed by atoms with E-state index in [0.29, 0.717) is 18.8 Å². The largest absolute Gasteiger partial charge is 0.343 e. The van der Waals surface area contributed by atoms with Crippen LogP contribution in [0.25, 0.3) is 22.2 Å². The van der Waals surface area contributed by atoms with Crippen molar-refractivity contribution in [2.45, 2.75) is 43.7 Å². The SMILES string of the molecule is CC(C)c1cc2c(-c3ccc(S(=O)(=O)N(C)C4CCS(O)(O)CC4)nc3)ccnc2[nH]1. The van der Waals surface area contributed by atoms with Crippen LogP contribution in [0.4, 0.5) is 0 Å². The third kappa shape index (κ3) is 4.35. The highest BCUT2D eigenvalue weighted by molar-refractivity contribution is 8.24. The molecule has 10 heteroatoms. The minimum absolute atomic E-state index is 0.0156. The Bertz CT molecular complexity index is 1180. The van der Waals surface area contributed by atoms with Crippen LogP contribution in [-0.2, 0) is 10.0 Å². The lowest BCUT2D eigenvalue weighted by atomic mass is 10.0. The number of sulfonamides is 1. The second-order valence-electron chi connectivity index (χ2n) is 8.35. The van der Waals surface area contributed by atoms with Gasteiger partial charge < -0.3 is 4.98 Å². The van der Waals surface area contributed by atoms with Gasteiger partial charge in [0.05, 0.1) is 0 Å². The van der Waals surface area contributed by atoms with Crippen LogP contribution in [0, 0.1) is 0 Å². The van der Waals surface area contributed by atoms with Gasteiger partial charge in [0, 0.05) is 53.6 Å². The number of nitrogens with one attached hydrogen (secondary N) is 1. The number of pyridine rings is 2. The Hall–Kier alpha value is -1.98. The van der Waals surface area contributed by atoms with Gasteiger partial charge >= 0.3 is 0 Å². The minimum atomic E-state index is -3.77. The Morgan fingerprint density at radius 1 is 1.16 bits per heavy atom. The number of rotatable bonds is 5. The molecular weight excluding hydrogens is 436 g/mol. The molecule has 3 aromatic heterocycles. The Balaban J connectivity index is 1.60. The standard InChI is InChI=1S/C21H28N4O4S2/c1-14(2)19-12-18-17(6-9-22-21(18)24-19)15-4-5-20(23-13-15)31(28,29)25(3)16-7-10-30(26,27)11-8-16/h4-6,9,12-14,16,26-27H,7-8,10-11H2,1-3H3,(H,22,24). The van der Waals surface area contributed by atoms with Crippen molar-refractivity contribution in [3.05, 3.63) is 42.4 Å². The van der Waals surface area contributed by atoms with E-state index in [2.05, 4.69) is 34.9 Å². The fourth-order valence-corrected chi connectivity index (χ4v) is 6.73. The summed E-state index contributed by atoms with van der Waals surface area (Å²) in [7, 11) is -4.80. The van der Waals surface area contributed by atoms with Gasteiger partial charge in [0.1, 0.15) is 5.65 Å². The summed E-state index contributed by atoms with van der Waals surface area (Å²) < 4.78 is 47.0. The van der Waals surface area contributed by atoms with Gasteiger partial charge in [0.15, 0.2) is 5.03 Å². The van der Waals surface area contributed by atoms with Gasteiger partial charge in [-0.3, -0.25) is 9.11 Å². The average Bonchev–Trinajstić information content (AvgIpc) is 3.18. The Morgan fingerprint density at radius 2 is 1.87 bits per heavy atom. The molecule has 0 unspecified atom stereocenters. The summed E-state index contributed by atoms with van der Waals surface area (Å²) in [6.07, 6.45) is 4.16. The zero-order valence-corrected chi connectivity index (χ0v) is 19.4. The van der Waals surface area contributed by atoms with Crippen LogP contribution in [0.1, 0.15) is 38.3 Å². The molecule has 1 aliphatic rings. The molecule has 0 atom stereocenters. The molecule has 31 heavy (non-hydrogen) atoms. The maximum Gasteiger partial charge on any atom is 0.260 e. The molecule has 0 radical (unpaired) electrons. The Morgan fingerprint density at radius 3 is 2.48 bits per heavy atom. The van der Waals surface area contributed by atoms with E-state index in [-0.39, 0.29) is 22.6 Å². The number of aromatic nitrogens is 3. The second-order valence-corrected chi connectivity index (χ2v) is 12.7. The lowest BCUT2D eigenvalue weighted by Crippen LogP contribution is -2.41. The average molecular weight is 465 g/mol. The normalized spacial score (nSPS) is 18.7. The molecular formula is C21H28N4O4S2. The molecule has 168 valence electrons. The number of hydrogen-bond acceptors (Lipinski definition) is 6. The van der Waals surface area contributed by atoms with Crippen LogP contribution in [0.5, 0.6) is 0 Å². The summed E-state index contributed by atoms with van der Waals surface area (Å²) in [5, 5.41) is 0.958. The van der Waals surface area contributed by atoms with Gasteiger partial charge in [-0.2, -0.15) is 14.9 Å². The van der Waals surface area contributed by atoms with Crippen LogP contribution < -0.4 is 0 Å². The van der Waals surface area contributed by atoms with Gasteiger partial charge in [-0.25, -0.2) is 18.4 Å². The molecule has 8 nitrogen and oxygen atoms in total. The maximum absolute atomic E-state index is 13.1. The number of H-pyrrole nitrogens is 1. The molecule has 0 aromatic carbocycles. The van der Waals surface area contributed by atoms with Crippen LogP contribution in [0.2, 0.25) is 0 Å². The van der Waals surface area contributed by atoms with Crippen molar-refractivity contribution in [1.82, 2.24) is 19.3 Å². The predicted molar refractivity (Wildman–Crippen MR) is 124 cm³/mol. The lowest BCUT2D eigenvalue weighted by Gasteiger charge is -2.41. The Kier molecular flexibility index (Phi) is 5.86. The van der Waals surface area contributed by atoms with E-state index in [1.165, 1.54) is 17.4 Å². The first-order valence-corrected chi connectivity index (χ1v) is 13.6. The molecule has 3 aromatic rings. The van der Waals surface area contributed by atoms with E-state index in [1.54, 1.807) is 18.5 Å². The highest BCUT2D eigenvalue weighted by atomic mass is 32.3. The molecule has 1 aliphatic heterocycles. The van der Waals surface area contributed by atoms with Crippen molar-refractivity contribution in [3.8, 4) is 11.1 Å². The number of hydrogen-bond donors (Lipinski definition) is 3. The minimum Gasteiger partial charge on any atom is -0.343 e. The topological polar surface area (TPSA) is 119 Å². The van der Waals surface area contributed by atoms with Crippen molar-refractivity contribution >= 4 is 31.6 Å². The van der Waals surface area contributed by atoms with Crippen molar-refractivity contribution in [1.29, 1.82) is 0 Å². The smallest absolute Gasteiger partial charge is 0.260 e. The van der Waals surface area contributed by atoms with Crippen LogP contribution in [-0.4, -0.2) is 61.4 Å². The molecule has 0 aliphatic carbocycles. The molecule has 0 saturated carbocycles. The molecule has 0 amide bonds. The number of aromatic amines is 1. The third-order valence-corrected chi connectivity index (χ3v) is 9.54. The second kappa shape index (κ2) is 8.18. The van der Waals surface area contributed by atoms with Crippen molar-refractivity contribution < 1.29 is 17.5 Å². The zero-order chi connectivity index (χ0) is 22.4. The summed E-state index contributed by atoms with van der Waals surface area (Å²) in [6, 6.07) is 7.01. The molecule has 0 spiro atoms. The molecule has 4 rings (SSSR count). The summed E-state index contributed by atoms with van der Waals surface area (Å²) in [4.78, 5) is 12.0. The number of nitrogens with zero attached hydrogens (tertiary/aromatic N) is 3. The van der Waals surface area contributed by atoms with E-state index in [9.17, 15) is 17.5 Å². The summed E-state index contributed by atoms with van der Waals surface area (Å²) >= 11 is 0. The summed E-state index contributed by atoms with van der Waals surface area (Å²) in [5.74, 6) is 0.805. The quantitative estimate of drug-likeness (QED) is 0.518. The van der Waals surface area contributed by atoms with E-state index < -0.39 is 20.6 Å². The van der Waals surface area contributed by atoms with Crippen molar-refractivity contribution in [2.24, 2.45) is 0 Å². The van der Waals surface area contributed by atoms with Gasteiger partial charge in [0.25, 0.3) is 10.0 Å². The maximum atomic E-state index is 13.1. The monoisotopic (exact) mass is 464 g/mol. The van der Waals surface area contributed by atoms with Gasteiger partial charge in [0.2, 0.25) is 0 Å². The third-order valence-electron chi connectivity index (χ3n) is 5.94. The van der Waals surface area contributed by atoms with E-state index in [4.69, 9.17) is 0 Å². The molecule has 1 fully saturated rings. The highest BCUT2D eigenvalue weighted by Crippen LogP contribution is 2.45. The number of fused-ring (bicyclic) bond motifs is 1. The highest BCUT2D eigenvalue weighted by Gasteiger charge is 2.33.